The second-order valence-electron chi connectivity index (χ2n) is 13.2. The third kappa shape index (κ3) is 33.5. The molecule has 0 saturated carbocycles. The van der Waals surface area contributed by atoms with Crippen molar-refractivity contribution in [2.45, 2.75) is 226 Å². The monoisotopic (exact) mass is 589 g/mol. The van der Waals surface area contributed by atoms with Gasteiger partial charge in [-0.3, -0.25) is 0 Å². The summed E-state index contributed by atoms with van der Waals surface area (Å²) < 4.78 is 0. The van der Waals surface area contributed by atoms with Crippen LogP contribution in [0.4, 0.5) is 0 Å². The zero-order valence-electron chi connectivity index (χ0n) is 28.9. The predicted octanol–water partition coefficient (Wildman–Crippen LogP) is 14.5. The van der Waals surface area contributed by atoms with Crippen LogP contribution >= 0.6 is 0 Å². The lowest BCUT2D eigenvalue weighted by Crippen LogP contribution is -1.97. The van der Waals surface area contributed by atoms with Crippen LogP contribution in [-0.2, 0) is 4.79 Å². The van der Waals surface area contributed by atoms with Crippen molar-refractivity contribution < 1.29 is 9.90 Å². The summed E-state index contributed by atoms with van der Waals surface area (Å²) in [5.74, 6) is -0.779. The number of unbranched alkanes of at least 4 members (excludes halogenated alkanes) is 31. The third-order valence-electron chi connectivity index (χ3n) is 8.94. The number of rotatable bonds is 35. The average Bonchev–Trinajstić information content (AvgIpc) is 2.99. The number of hydrogen-bond donors (Lipinski definition) is 1. The summed E-state index contributed by atoms with van der Waals surface area (Å²) in [5.41, 5.74) is 0.483. The molecule has 0 rings (SSSR count). The largest absolute Gasteiger partial charge is 0.478 e. The van der Waals surface area contributed by atoms with Gasteiger partial charge in [0.2, 0.25) is 0 Å². The zero-order chi connectivity index (χ0) is 30.6. The summed E-state index contributed by atoms with van der Waals surface area (Å²) in [6.45, 7) is 4.57. The van der Waals surface area contributed by atoms with Gasteiger partial charge in [-0.25, -0.2) is 4.79 Å². The van der Waals surface area contributed by atoms with E-state index in [1.54, 1.807) is 0 Å². The normalized spacial score (nSPS) is 12.1. The molecule has 0 amide bonds. The Kier molecular flexibility index (Phi) is 35.2. The van der Waals surface area contributed by atoms with Gasteiger partial charge in [0.15, 0.2) is 0 Å². The van der Waals surface area contributed by atoms with Crippen molar-refractivity contribution in [3.05, 3.63) is 23.8 Å². The van der Waals surface area contributed by atoms with Crippen molar-refractivity contribution in [2.24, 2.45) is 0 Å². The molecule has 0 atom stereocenters. The standard InChI is InChI=1S/C40H76O2/c1-3-5-7-9-11-13-15-17-19-21-22-24-26-28-30-32-34-36-38-39(40(41)42)37-35-33-31-29-27-25-23-20-18-16-14-12-10-8-6-4-2/h36-38H,3-35H2,1-2H3,(H,41,42). The van der Waals surface area contributed by atoms with Crippen LogP contribution in [0, 0.1) is 0 Å². The van der Waals surface area contributed by atoms with Gasteiger partial charge in [-0.2, -0.15) is 0 Å². The van der Waals surface area contributed by atoms with Crippen LogP contribution < -0.4 is 0 Å². The highest BCUT2D eigenvalue weighted by atomic mass is 16.4. The van der Waals surface area contributed by atoms with Crippen molar-refractivity contribution in [1.82, 2.24) is 0 Å². The second kappa shape index (κ2) is 36.1. The summed E-state index contributed by atoms with van der Waals surface area (Å²) in [7, 11) is 0. The summed E-state index contributed by atoms with van der Waals surface area (Å²) >= 11 is 0. The predicted molar refractivity (Wildman–Crippen MR) is 189 cm³/mol. The Hall–Kier alpha value is -1.05. The molecule has 0 spiro atoms. The van der Waals surface area contributed by atoms with Crippen LogP contribution in [0.25, 0.3) is 0 Å². The van der Waals surface area contributed by atoms with E-state index in [0.29, 0.717) is 5.57 Å². The first-order chi connectivity index (χ1) is 20.7. The van der Waals surface area contributed by atoms with Gasteiger partial charge in [-0.15, -0.1) is 0 Å². The Balaban J connectivity index is 3.51. The first-order valence-electron chi connectivity index (χ1n) is 19.3. The van der Waals surface area contributed by atoms with Crippen LogP contribution in [0.15, 0.2) is 23.8 Å². The summed E-state index contributed by atoms with van der Waals surface area (Å²) in [6.07, 6.45) is 50.4. The van der Waals surface area contributed by atoms with Gasteiger partial charge in [0, 0.05) is 0 Å². The molecule has 0 aromatic rings. The minimum absolute atomic E-state index is 0.483. The van der Waals surface area contributed by atoms with E-state index in [1.807, 2.05) is 12.2 Å². The summed E-state index contributed by atoms with van der Waals surface area (Å²) in [5, 5.41) is 9.52. The van der Waals surface area contributed by atoms with Gasteiger partial charge in [-0.1, -0.05) is 218 Å². The molecule has 0 heterocycles. The molecule has 0 aliphatic rings. The highest BCUT2D eigenvalue weighted by Crippen LogP contribution is 2.16. The second-order valence-corrected chi connectivity index (χ2v) is 13.2. The zero-order valence-corrected chi connectivity index (χ0v) is 28.9. The van der Waals surface area contributed by atoms with Crippen molar-refractivity contribution >= 4 is 5.97 Å². The van der Waals surface area contributed by atoms with Crippen LogP contribution in [0.5, 0.6) is 0 Å². The first kappa shape index (κ1) is 41.0. The fraction of sp³-hybridized carbons (Fsp3) is 0.875. The molecule has 2 heteroatoms. The third-order valence-corrected chi connectivity index (χ3v) is 8.94. The maximum absolute atomic E-state index is 11.6. The van der Waals surface area contributed by atoms with E-state index in [-0.39, 0.29) is 0 Å². The Bertz CT molecular complexity index is 590. The first-order valence-corrected chi connectivity index (χ1v) is 19.3. The molecule has 0 aromatic heterocycles. The molecule has 1 N–H and O–H groups in total. The molecule has 42 heavy (non-hydrogen) atoms. The molecule has 0 saturated heterocycles. The van der Waals surface area contributed by atoms with Gasteiger partial charge in [0.05, 0.1) is 5.57 Å². The lowest BCUT2D eigenvalue weighted by molar-refractivity contribution is -0.132. The SMILES string of the molecule is CCCCCCCCCCCCCCCCCC=C(C=CCCCCCCCCCCCCCCCCCC)C(=O)O. The van der Waals surface area contributed by atoms with E-state index in [1.165, 1.54) is 193 Å². The van der Waals surface area contributed by atoms with Gasteiger partial charge >= 0.3 is 5.97 Å². The van der Waals surface area contributed by atoms with E-state index >= 15 is 0 Å². The molecule has 0 aliphatic carbocycles. The fourth-order valence-corrected chi connectivity index (χ4v) is 6.02. The minimum Gasteiger partial charge on any atom is -0.478 e. The van der Waals surface area contributed by atoms with E-state index in [2.05, 4.69) is 19.9 Å². The molecule has 0 bridgehead atoms. The van der Waals surface area contributed by atoms with Crippen molar-refractivity contribution in [2.75, 3.05) is 0 Å². The van der Waals surface area contributed by atoms with E-state index in [4.69, 9.17) is 0 Å². The quantitative estimate of drug-likeness (QED) is 0.0454. The molecule has 0 fully saturated rings. The smallest absolute Gasteiger partial charge is 0.335 e. The van der Waals surface area contributed by atoms with E-state index < -0.39 is 5.97 Å². The molecular weight excluding hydrogens is 512 g/mol. The van der Waals surface area contributed by atoms with E-state index in [0.717, 1.165) is 19.3 Å². The molecule has 248 valence electrons. The Morgan fingerprint density at radius 3 is 0.952 bits per heavy atom. The molecule has 0 radical (unpaired) electrons. The van der Waals surface area contributed by atoms with Crippen molar-refractivity contribution in [3.8, 4) is 0 Å². The summed E-state index contributed by atoms with van der Waals surface area (Å²) in [6, 6.07) is 0. The Morgan fingerprint density at radius 2 is 0.667 bits per heavy atom. The maximum atomic E-state index is 11.6. The maximum Gasteiger partial charge on any atom is 0.335 e. The molecule has 2 nitrogen and oxygen atoms in total. The van der Waals surface area contributed by atoms with Gasteiger partial charge in [0.25, 0.3) is 0 Å². The van der Waals surface area contributed by atoms with Crippen molar-refractivity contribution in [3.63, 3.8) is 0 Å². The number of allylic oxidation sites excluding steroid dienone is 2. The topological polar surface area (TPSA) is 37.3 Å². The lowest BCUT2D eigenvalue weighted by atomic mass is 10.0. The fourth-order valence-electron chi connectivity index (χ4n) is 6.02. The minimum atomic E-state index is -0.779. The molecular formula is C40H76O2. The molecule has 0 aliphatic heterocycles. The number of carboxylic acid groups (broad SMARTS) is 1. The summed E-state index contributed by atoms with van der Waals surface area (Å²) in [4.78, 5) is 11.6. The van der Waals surface area contributed by atoms with Crippen molar-refractivity contribution in [1.29, 1.82) is 0 Å². The molecule has 0 unspecified atom stereocenters. The average molecular weight is 589 g/mol. The van der Waals surface area contributed by atoms with Crippen LogP contribution in [0.2, 0.25) is 0 Å². The van der Waals surface area contributed by atoms with Gasteiger partial charge < -0.3 is 5.11 Å². The van der Waals surface area contributed by atoms with Crippen LogP contribution in [-0.4, -0.2) is 11.1 Å². The Morgan fingerprint density at radius 1 is 0.405 bits per heavy atom. The number of hydrogen-bond acceptors (Lipinski definition) is 1. The Labute approximate surface area is 265 Å². The van der Waals surface area contributed by atoms with Crippen LogP contribution in [0.3, 0.4) is 0 Å². The highest BCUT2D eigenvalue weighted by Gasteiger charge is 2.02. The van der Waals surface area contributed by atoms with Crippen LogP contribution in [0.1, 0.15) is 226 Å². The molecule has 0 aromatic carbocycles. The highest BCUT2D eigenvalue weighted by molar-refractivity contribution is 5.89. The van der Waals surface area contributed by atoms with Gasteiger partial charge in [0.1, 0.15) is 0 Å². The van der Waals surface area contributed by atoms with Gasteiger partial charge in [-0.05, 0) is 25.7 Å². The van der Waals surface area contributed by atoms with E-state index in [9.17, 15) is 9.90 Å². The number of aliphatic carboxylic acids is 1. The number of carbonyl (C=O) groups is 1. The number of carboxylic acids is 1. The lowest BCUT2D eigenvalue weighted by Gasteiger charge is -2.03.